The van der Waals surface area contributed by atoms with E-state index in [1.54, 1.807) is 0 Å². The van der Waals surface area contributed by atoms with Crippen molar-refractivity contribution in [1.29, 1.82) is 0 Å². The molecule has 1 N–H and O–H groups in total. The maximum atomic E-state index is 13.2. The molecule has 3 heterocycles. The summed E-state index contributed by atoms with van der Waals surface area (Å²) in [6, 6.07) is 5.92. The maximum absolute atomic E-state index is 13.2. The van der Waals surface area contributed by atoms with E-state index in [0.29, 0.717) is 64.2 Å². The number of rotatable bonds is 9. The van der Waals surface area contributed by atoms with Crippen molar-refractivity contribution in [3.63, 3.8) is 0 Å². The number of benzene rings is 1. The molecule has 1 aliphatic carbocycles. The number of aromatic nitrogens is 1. The minimum atomic E-state index is -3.73. The van der Waals surface area contributed by atoms with Crippen LogP contribution < -0.4 is 5.32 Å². The zero-order chi connectivity index (χ0) is 26.9. The van der Waals surface area contributed by atoms with Gasteiger partial charge in [-0.1, -0.05) is 28.6 Å². The van der Waals surface area contributed by atoms with Crippen molar-refractivity contribution >= 4 is 47.9 Å². The number of oxime groups is 1. The number of likely N-dealkylation sites (N-methyl/N-ethyl adjacent to an activating group) is 1. The molecule has 1 amide bonds. The van der Waals surface area contributed by atoms with E-state index in [2.05, 4.69) is 20.4 Å². The molecule has 2 aliphatic heterocycles. The molecule has 2 aromatic rings. The second-order valence-corrected chi connectivity index (χ2v) is 14.9. The second kappa shape index (κ2) is 11.0. The van der Waals surface area contributed by atoms with Crippen LogP contribution >= 0.6 is 11.3 Å². The maximum Gasteiger partial charge on any atom is 0.280 e. The van der Waals surface area contributed by atoms with Crippen LogP contribution in [0.3, 0.4) is 0 Å². The molecule has 206 valence electrons. The number of sulfone groups is 1. The number of amides is 1. The molecule has 38 heavy (non-hydrogen) atoms. The van der Waals surface area contributed by atoms with E-state index < -0.39 is 25.8 Å². The fourth-order valence-electron chi connectivity index (χ4n) is 4.07. The molecule has 0 spiro atoms. The van der Waals surface area contributed by atoms with Gasteiger partial charge in [-0.15, -0.1) is 0 Å². The lowest BCUT2D eigenvalue weighted by molar-refractivity contribution is -0.110. The highest BCUT2D eigenvalue weighted by Crippen LogP contribution is 2.33. The Balaban J connectivity index is 1.34. The van der Waals surface area contributed by atoms with Gasteiger partial charge >= 0.3 is 0 Å². The van der Waals surface area contributed by atoms with Gasteiger partial charge in [0.25, 0.3) is 15.9 Å². The van der Waals surface area contributed by atoms with Crippen LogP contribution in [0.4, 0.5) is 5.13 Å². The zero-order valence-electron chi connectivity index (χ0n) is 20.8. The molecule has 0 unspecified atom stereocenters. The average Bonchev–Trinajstić information content (AvgIpc) is 3.44. The number of nitrogens with one attached hydrogen (secondary N) is 1. The number of piperazine rings is 1. The van der Waals surface area contributed by atoms with Gasteiger partial charge in [0, 0.05) is 38.2 Å². The second-order valence-electron chi connectivity index (χ2n) is 9.45. The summed E-state index contributed by atoms with van der Waals surface area (Å²) in [6.07, 6.45) is 2.84. The Kier molecular flexibility index (Phi) is 7.84. The van der Waals surface area contributed by atoms with Crippen molar-refractivity contribution in [2.75, 3.05) is 51.8 Å². The van der Waals surface area contributed by atoms with Gasteiger partial charge in [0.15, 0.2) is 31.0 Å². The molecular weight excluding hydrogens is 554 g/mol. The molecule has 0 radical (unpaired) electrons. The number of carbonyl (C=O) groups is 1. The molecule has 12 nitrogen and oxygen atoms in total. The van der Waals surface area contributed by atoms with Crippen LogP contribution in [-0.2, 0) is 34.2 Å². The van der Waals surface area contributed by atoms with Crippen LogP contribution in [0.1, 0.15) is 24.8 Å². The molecule has 3 aliphatic rings. The smallest absolute Gasteiger partial charge is 0.280 e. The number of anilines is 1. The van der Waals surface area contributed by atoms with E-state index in [-0.39, 0.29) is 31.3 Å². The summed E-state index contributed by atoms with van der Waals surface area (Å²) in [5.74, 6) is -0.667. The number of thiazole rings is 1. The first kappa shape index (κ1) is 27.1. The highest BCUT2D eigenvalue weighted by molar-refractivity contribution is 7.92. The van der Waals surface area contributed by atoms with Crippen LogP contribution in [0.15, 0.2) is 44.7 Å². The van der Waals surface area contributed by atoms with E-state index in [1.807, 2.05) is 7.05 Å². The van der Waals surface area contributed by atoms with E-state index >= 15 is 0 Å². The quantitative estimate of drug-likeness (QED) is 0.339. The Hall–Kier alpha value is -2.43. The van der Waals surface area contributed by atoms with Crippen molar-refractivity contribution in [3.05, 3.63) is 36.0 Å². The first-order valence-electron chi connectivity index (χ1n) is 12.3. The number of hydrogen-bond donors (Lipinski definition) is 1. The molecule has 1 aromatic heterocycles. The summed E-state index contributed by atoms with van der Waals surface area (Å²) in [5, 5.41) is 6.42. The number of nitrogens with zero attached hydrogens (tertiary/aromatic N) is 4. The summed E-state index contributed by atoms with van der Waals surface area (Å²) in [4.78, 5) is 25.1. The van der Waals surface area contributed by atoms with Crippen molar-refractivity contribution < 1.29 is 31.2 Å². The van der Waals surface area contributed by atoms with Crippen LogP contribution in [0.2, 0.25) is 0 Å². The predicted octanol–water partition coefficient (Wildman–Crippen LogP) is 1.16. The molecule has 15 heteroatoms. The first-order chi connectivity index (χ1) is 18.1. The van der Waals surface area contributed by atoms with Crippen molar-refractivity contribution in [3.8, 4) is 0 Å². The fraction of sp³-hybridized carbons (Fsp3) is 0.522. The molecular formula is C23H29N5O7S3. The van der Waals surface area contributed by atoms with Crippen molar-refractivity contribution in [1.82, 2.24) is 14.2 Å². The number of sulfonamides is 1. The summed E-state index contributed by atoms with van der Waals surface area (Å²) in [5.41, 5.74) is 0.254. The monoisotopic (exact) mass is 583 g/mol. The molecule has 1 atom stereocenters. The van der Waals surface area contributed by atoms with Crippen LogP contribution in [-0.4, -0.2) is 100 Å². The molecule has 3 fully saturated rings. The topological polar surface area (TPSA) is 148 Å². The SMILES string of the molecule is CN1CCN(S(=O)(=O)c2cnc(NC(=O)/C(=N/O[C@@H]3CCOC3)c3ccc(S(=O)(=O)C4CC4)cc3)s2)CC1. The minimum Gasteiger partial charge on any atom is -0.389 e. The standard InChI is InChI=1S/C23H29N5O7S3/c1-27-9-11-28(12-10-27)38(32,33)20-14-24-23(36-20)25-22(29)21(26-35-17-8-13-34-15-17)16-2-4-18(5-3-16)37(30,31)19-6-7-19/h2-5,14,17,19H,6-13,15H2,1H3,(H,24,25,29)/b26-21+/t17-/m1/s1. The van der Waals surface area contributed by atoms with Crippen molar-refractivity contribution in [2.24, 2.45) is 5.16 Å². The normalized spacial score (nSPS) is 21.9. The van der Waals surface area contributed by atoms with Gasteiger partial charge in [0.1, 0.15) is 0 Å². The number of carbonyl (C=O) groups excluding carboxylic acids is 1. The van der Waals surface area contributed by atoms with E-state index in [4.69, 9.17) is 9.57 Å². The van der Waals surface area contributed by atoms with E-state index in [0.717, 1.165) is 11.3 Å². The van der Waals surface area contributed by atoms with Gasteiger partial charge in [0.05, 0.1) is 29.6 Å². The van der Waals surface area contributed by atoms with Gasteiger partial charge < -0.3 is 14.5 Å². The Morgan fingerprint density at radius 3 is 2.45 bits per heavy atom. The summed E-state index contributed by atoms with van der Waals surface area (Å²) < 4.78 is 57.9. The first-order valence-corrected chi connectivity index (χ1v) is 16.1. The van der Waals surface area contributed by atoms with Crippen LogP contribution in [0.5, 0.6) is 0 Å². The number of hydrogen-bond acceptors (Lipinski definition) is 11. The lowest BCUT2D eigenvalue weighted by Gasteiger charge is -2.30. The molecule has 1 saturated carbocycles. The summed E-state index contributed by atoms with van der Waals surface area (Å²) >= 11 is 0.853. The minimum absolute atomic E-state index is 0.0323. The highest BCUT2D eigenvalue weighted by Gasteiger charge is 2.37. The third-order valence-electron chi connectivity index (χ3n) is 6.58. The molecule has 2 saturated heterocycles. The Morgan fingerprint density at radius 2 is 1.82 bits per heavy atom. The predicted molar refractivity (Wildman–Crippen MR) is 140 cm³/mol. The summed E-state index contributed by atoms with van der Waals surface area (Å²) in [6.45, 7) is 2.90. The average molecular weight is 584 g/mol. The Bertz CT molecular complexity index is 1410. The summed E-state index contributed by atoms with van der Waals surface area (Å²) in [7, 11) is -5.18. The molecule has 5 rings (SSSR count). The Labute approximate surface area is 225 Å². The van der Waals surface area contributed by atoms with Crippen LogP contribution in [0, 0.1) is 0 Å². The molecule has 0 bridgehead atoms. The van der Waals surface area contributed by atoms with Crippen LogP contribution in [0.25, 0.3) is 0 Å². The van der Waals surface area contributed by atoms with Gasteiger partial charge in [-0.2, -0.15) is 4.31 Å². The largest absolute Gasteiger partial charge is 0.389 e. The van der Waals surface area contributed by atoms with Gasteiger partial charge in [-0.3, -0.25) is 10.1 Å². The van der Waals surface area contributed by atoms with E-state index in [9.17, 15) is 21.6 Å². The van der Waals surface area contributed by atoms with E-state index in [1.165, 1.54) is 34.8 Å². The lowest BCUT2D eigenvalue weighted by Crippen LogP contribution is -2.46. The van der Waals surface area contributed by atoms with Crippen molar-refractivity contribution in [2.45, 2.75) is 39.7 Å². The van der Waals surface area contributed by atoms with Gasteiger partial charge in [-0.05, 0) is 32.0 Å². The van der Waals surface area contributed by atoms with Gasteiger partial charge in [-0.25, -0.2) is 21.8 Å². The highest BCUT2D eigenvalue weighted by atomic mass is 32.2. The fourth-order valence-corrected chi connectivity index (χ4v) is 8.33. The third-order valence-corrected chi connectivity index (χ3v) is 12.1. The lowest BCUT2D eigenvalue weighted by atomic mass is 10.1. The van der Waals surface area contributed by atoms with Gasteiger partial charge in [0.2, 0.25) is 0 Å². The molecule has 1 aromatic carbocycles. The zero-order valence-corrected chi connectivity index (χ0v) is 23.2. The Morgan fingerprint density at radius 1 is 1.11 bits per heavy atom. The number of ether oxygens (including phenoxy) is 1. The third kappa shape index (κ3) is 5.92.